The lowest BCUT2D eigenvalue weighted by Crippen LogP contribution is -3.06. The van der Waals surface area contributed by atoms with Crippen LogP contribution in [0.4, 0.5) is 11.4 Å². The summed E-state index contributed by atoms with van der Waals surface area (Å²) in [4.78, 5) is 11.4. The van der Waals surface area contributed by atoms with Crippen LogP contribution in [0.15, 0.2) is 24.3 Å². The lowest BCUT2D eigenvalue weighted by atomic mass is 10.3. The van der Waals surface area contributed by atoms with Gasteiger partial charge in [-0.1, -0.05) is 0 Å². The summed E-state index contributed by atoms with van der Waals surface area (Å²) in [5.41, 5.74) is 0.797. The predicted molar refractivity (Wildman–Crippen MR) is 75.0 cm³/mol. The molecule has 98 valence electrons. The Kier molecular flexibility index (Phi) is 5.47. The predicted octanol–water partition coefficient (Wildman–Crippen LogP) is 0.0257. The van der Waals surface area contributed by atoms with Crippen LogP contribution in [-0.2, 0) is 0 Å². The van der Waals surface area contributed by atoms with Crippen LogP contribution in [0.25, 0.3) is 0 Å². The van der Waals surface area contributed by atoms with Crippen LogP contribution >= 0.6 is 12.2 Å². The third kappa shape index (κ3) is 5.07. The number of nitrogens with one attached hydrogen (secondary N) is 3. The maximum atomic E-state index is 10.5. The monoisotopic (exact) mass is 269 g/mol. The molecule has 0 aliphatic carbocycles. The molecule has 0 atom stereocenters. The molecular weight excluding hydrogens is 252 g/mol. The van der Waals surface area contributed by atoms with Crippen molar-refractivity contribution in [2.75, 3.05) is 32.5 Å². The Morgan fingerprint density at radius 3 is 2.50 bits per heavy atom. The van der Waals surface area contributed by atoms with Crippen molar-refractivity contribution in [3.63, 3.8) is 0 Å². The molecule has 3 N–H and O–H groups in total. The second kappa shape index (κ2) is 6.87. The van der Waals surface area contributed by atoms with E-state index in [2.05, 4.69) is 24.7 Å². The third-order valence-electron chi connectivity index (χ3n) is 2.25. The number of nitro groups is 1. The van der Waals surface area contributed by atoms with E-state index in [1.165, 1.54) is 17.0 Å². The van der Waals surface area contributed by atoms with E-state index in [-0.39, 0.29) is 5.69 Å². The van der Waals surface area contributed by atoms with E-state index < -0.39 is 4.92 Å². The van der Waals surface area contributed by atoms with Crippen molar-refractivity contribution in [1.29, 1.82) is 0 Å². The summed E-state index contributed by atoms with van der Waals surface area (Å²) < 4.78 is 0. The highest BCUT2D eigenvalue weighted by Gasteiger charge is 2.04. The van der Waals surface area contributed by atoms with Gasteiger partial charge in [0.05, 0.1) is 32.1 Å². The molecule has 0 radical (unpaired) electrons. The topological polar surface area (TPSA) is 71.6 Å². The third-order valence-corrected chi connectivity index (χ3v) is 2.49. The number of likely N-dealkylation sites (N-methyl/N-ethyl adjacent to an activating group) is 1. The fourth-order valence-electron chi connectivity index (χ4n) is 1.27. The van der Waals surface area contributed by atoms with E-state index in [9.17, 15) is 10.1 Å². The number of hydrogen-bond donors (Lipinski definition) is 3. The molecule has 0 heterocycles. The standard InChI is InChI=1S/C11H16N4O2S/c1-14(2)8-7-12-11(18)13-9-3-5-10(6-4-9)15(16)17/h3-6H,7-8H2,1-2H3,(H2,12,13,18)/p+1. The smallest absolute Gasteiger partial charge is 0.269 e. The molecular formula is C11H17N4O2S+. The molecule has 0 saturated carbocycles. The molecule has 0 bridgehead atoms. The van der Waals surface area contributed by atoms with Gasteiger partial charge in [-0.15, -0.1) is 0 Å². The minimum absolute atomic E-state index is 0.0654. The van der Waals surface area contributed by atoms with Gasteiger partial charge in [0.2, 0.25) is 0 Å². The van der Waals surface area contributed by atoms with Gasteiger partial charge < -0.3 is 15.5 Å². The van der Waals surface area contributed by atoms with Crippen molar-refractivity contribution in [2.45, 2.75) is 0 Å². The van der Waals surface area contributed by atoms with Crippen molar-refractivity contribution in [3.05, 3.63) is 34.4 Å². The number of nitro benzene ring substituents is 1. The molecule has 0 unspecified atom stereocenters. The fraction of sp³-hybridized carbons (Fsp3) is 0.364. The average Bonchev–Trinajstić information content (AvgIpc) is 2.29. The molecule has 18 heavy (non-hydrogen) atoms. The van der Waals surface area contributed by atoms with Crippen LogP contribution in [-0.4, -0.2) is 37.2 Å². The van der Waals surface area contributed by atoms with Gasteiger partial charge >= 0.3 is 0 Å². The summed E-state index contributed by atoms with van der Waals surface area (Å²) in [6, 6.07) is 6.14. The van der Waals surface area contributed by atoms with E-state index in [1.807, 2.05) is 0 Å². The van der Waals surface area contributed by atoms with Gasteiger partial charge in [0.1, 0.15) is 0 Å². The highest BCUT2D eigenvalue weighted by Crippen LogP contribution is 2.14. The van der Waals surface area contributed by atoms with Crippen molar-refractivity contribution in [3.8, 4) is 0 Å². The Labute approximate surface area is 111 Å². The Hall–Kier alpha value is -1.73. The minimum Gasteiger partial charge on any atom is -0.357 e. The Morgan fingerprint density at radius 2 is 2.00 bits per heavy atom. The number of quaternary nitrogens is 1. The van der Waals surface area contributed by atoms with Gasteiger partial charge in [-0.05, 0) is 24.4 Å². The number of rotatable bonds is 5. The molecule has 0 aliphatic heterocycles. The van der Waals surface area contributed by atoms with Gasteiger partial charge in [0, 0.05) is 17.8 Å². The summed E-state index contributed by atoms with van der Waals surface area (Å²) >= 11 is 5.11. The first-order chi connectivity index (χ1) is 8.49. The molecule has 0 fully saturated rings. The summed E-state index contributed by atoms with van der Waals surface area (Å²) in [5, 5.41) is 17.0. The highest BCUT2D eigenvalue weighted by molar-refractivity contribution is 7.80. The zero-order valence-corrected chi connectivity index (χ0v) is 11.2. The molecule has 1 aromatic carbocycles. The van der Waals surface area contributed by atoms with Crippen LogP contribution < -0.4 is 15.5 Å². The first-order valence-electron chi connectivity index (χ1n) is 5.57. The van der Waals surface area contributed by atoms with E-state index in [0.717, 1.165) is 18.8 Å². The van der Waals surface area contributed by atoms with Crippen LogP contribution in [0.1, 0.15) is 0 Å². The van der Waals surface area contributed by atoms with Crippen LogP contribution in [0.5, 0.6) is 0 Å². The number of nitrogens with zero attached hydrogens (tertiary/aromatic N) is 1. The Balaban J connectivity index is 2.42. The van der Waals surface area contributed by atoms with Gasteiger partial charge in [0.15, 0.2) is 5.11 Å². The van der Waals surface area contributed by atoms with Gasteiger partial charge in [-0.25, -0.2) is 0 Å². The Morgan fingerprint density at radius 1 is 1.39 bits per heavy atom. The summed E-state index contributed by atoms with van der Waals surface area (Å²) in [7, 11) is 4.13. The normalized spacial score (nSPS) is 10.2. The quantitative estimate of drug-likeness (QED) is 0.399. The zero-order chi connectivity index (χ0) is 13.5. The number of thiocarbonyl (C=S) groups is 1. The molecule has 0 saturated heterocycles. The fourth-order valence-corrected chi connectivity index (χ4v) is 1.49. The molecule has 6 nitrogen and oxygen atoms in total. The SMILES string of the molecule is C[NH+](C)CCNC(=S)Nc1ccc([N+](=O)[O-])cc1. The molecule has 1 aromatic rings. The number of benzene rings is 1. The molecule has 0 spiro atoms. The minimum atomic E-state index is -0.430. The van der Waals surface area contributed by atoms with Gasteiger partial charge in [-0.3, -0.25) is 10.1 Å². The van der Waals surface area contributed by atoms with Crippen molar-refractivity contribution in [2.24, 2.45) is 0 Å². The summed E-state index contributed by atoms with van der Waals surface area (Å²) in [5.74, 6) is 0. The Bertz CT molecular complexity index is 420. The number of anilines is 1. The molecule has 7 heteroatoms. The largest absolute Gasteiger partial charge is 0.357 e. The second-order valence-corrected chi connectivity index (χ2v) is 4.55. The molecule has 0 aromatic heterocycles. The summed E-state index contributed by atoms with van der Waals surface area (Å²) in [6.07, 6.45) is 0. The molecule has 0 amide bonds. The maximum Gasteiger partial charge on any atom is 0.269 e. The van der Waals surface area contributed by atoms with Crippen molar-refractivity contribution >= 4 is 28.7 Å². The molecule has 1 rings (SSSR count). The highest BCUT2D eigenvalue weighted by atomic mass is 32.1. The maximum absolute atomic E-state index is 10.5. The van der Waals surface area contributed by atoms with E-state index in [4.69, 9.17) is 12.2 Å². The van der Waals surface area contributed by atoms with Crippen LogP contribution in [0.2, 0.25) is 0 Å². The first kappa shape index (κ1) is 14.3. The van der Waals surface area contributed by atoms with E-state index >= 15 is 0 Å². The van der Waals surface area contributed by atoms with Crippen LogP contribution in [0.3, 0.4) is 0 Å². The first-order valence-corrected chi connectivity index (χ1v) is 5.98. The average molecular weight is 269 g/mol. The number of hydrogen-bond acceptors (Lipinski definition) is 3. The van der Waals surface area contributed by atoms with Crippen LogP contribution in [0, 0.1) is 10.1 Å². The lowest BCUT2D eigenvalue weighted by Gasteiger charge is -2.11. The van der Waals surface area contributed by atoms with E-state index in [0.29, 0.717) is 5.11 Å². The van der Waals surface area contributed by atoms with Gasteiger partial charge in [0.25, 0.3) is 5.69 Å². The molecule has 0 aliphatic rings. The number of non-ortho nitro benzene ring substituents is 1. The second-order valence-electron chi connectivity index (χ2n) is 4.14. The van der Waals surface area contributed by atoms with Crippen molar-refractivity contribution in [1.82, 2.24) is 5.32 Å². The summed E-state index contributed by atoms with van der Waals surface area (Å²) in [6.45, 7) is 1.74. The zero-order valence-electron chi connectivity index (χ0n) is 10.4. The van der Waals surface area contributed by atoms with Crippen molar-refractivity contribution < 1.29 is 9.82 Å². The lowest BCUT2D eigenvalue weighted by molar-refractivity contribution is -0.856. The van der Waals surface area contributed by atoms with E-state index in [1.54, 1.807) is 12.1 Å². The van der Waals surface area contributed by atoms with Gasteiger partial charge in [-0.2, -0.15) is 0 Å².